The van der Waals surface area contributed by atoms with Crippen molar-refractivity contribution in [3.8, 4) is 5.75 Å². The van der Waals surface area contributed by atoms with Gasteiger partial charge in [-0.1, -0.05) is 26.0 Å². The highest BCUT2D eigenvalue weighted by Crippen LogP contribution is 2.62. The molecule has 1 aromatic rings. The SMILES string of the molecule is CCC1(C(=O)O)C(=O)CC(C)(O)C(CC)(C(=O)O)C1c1cccc(O)c1. The van der Waals surface area contributed by atoms with Crippen molar-refractivity contribution in [2.75, 3.05) is 0 Å². The third-order valence-electron chi connectivity index (χ3n) is 6.03. The summed E-state index contributed by atoms with van der Waals surface area (Å²) in [5, 5.41) is 40.9. The number of carbonyl (C=O) groups is 3. The van der Waals surface area contributed by atoms with E-state index >= 15 is 0 Å². The number of phenolic OH excluding ortho intramolecular Hbond substituents is 1. The smallest absolute Gasteiger partial charge is 0.317 e. The Bertz CT molecular complexity index is 754. The predicted octanol–water partition coefficient (Wildman–Crippen LogP) is 2.16. The highest BCUT2D eigenvalue weighted by atomic mass is 16.4. The molecule has 1 aromatic carbocycles. The number of aromatic hydroxyl groups is 1. The molecule has 0 aromatic heterocycles. The van der Waals surface area contributed by atoms with Crippen molar-refractivity contribution in [2.45, 2.75) is 51.6 Å². The summed E-state index contributed by atoms with van der Waals surface area (Å²) in [5.41, 5.74) is -5.67. The lowest BCUT2D eigenvalue weighted by Gasteiger charge is -2.56. The van der Waals surface area contributed by atoms with Crippen molar-refractivity contribution >= 4 is 17.7 Å². The summed E-state index contributed by atoms with van der Waals surface area (Å²) < 4.78 is 0. The summed E-state index contributed by atoms with van der Waals surface area (Å²) >= 11 is 0. The van der Waals surface area contributed by atoms with Gasteiger partial charge in [0.05, 0.1) is 5.60 Å². The molecule has 2 rings (SSSR count). The number of hydrogen-bond acceptors (Lipinski definition) is 5. The second kappa shape index (κ2) is 6.39. The maximum atomic E-state index is 12.9. The van der Waals surface area contributed by atoms with Gasteiger partial charge in [0.25, 0.3) is 0 Å². The van der Waals surface area contributed by atoms with Gasteiger partial charge in [-0.05, 0) is 37.5 Å². The van der Waals surface area contributed by atoms with Crippen LogP contribution in [0, 0.1) is 10.8 Å². The van der Waals surface area contributed by atoms with Crippen LogP contribution in [0.25, 0.3) is 0 Å². The Kier molecular flexibility index (Phi) is 4.89. The molecule has 26 heavy (non-hydrogen) atoms. The van der Waals surface area contributed by atoms with Crippen molar-refractivity contribution in [1.82, 2.24) is 0 Å². The first-order chi connectivity index (χ1) is 12.0. The topological polar surface area (TPSA) is 132 Å². The Balaban J connectivity index is 2.97. The summed E-state index contributed by atoms with van der Waals surface area (Å²) in [7, 11) is 0. The molecule has 0 heterocycles. The fourth-order valence-corrected chi connectivity index (χ4v) is 4.68. The second-order valence-electron chi connectivity index (χ2n) is 7.16. The van der Waals surface area contributed by atoms with E-state index in [4.69, 9.17) is 0 Å². The van der Waals surface area contributed by atoms with Gasteiger partial charge < -0.3 is 20.4 Å². The first-order valence-electron chi connectivity index (χ1n) is 8.52. The van der Waals surface area contributed by atoms with Gasteiger partial charge in [-0.3, -0.25) is 14.4 Å². The van der Waals surface area contributed by atoms with E-state index in [0.29, 0.717) is 0 Å². The van der Waals surface area contributed by atoms with Gasteiger partial charge in [0.15, 0.2) is 5.78 Å². The van der Waals surface area contributed by atoms with E-state index in [2.05, 4.69) is 0 Å². The normalized spacial score (nSPS) is 34.5. The minimum atomic E-state index is -2.01. The maximum absolute atomic E-state index is 12.9. The quantitative estimate of drug-likeness (QED) is 0.589. The first kappa shape index (κ1) is 19.9. The van der Waals surface area contributed by atoms with E-state index < -0.39 is 46.5 Å². The number of benzene rings is 1. The lowest BCUT2D eigenvalue weighted by atomic mass is 9.45. The molecule has 142 valence electrons. The third kappa shape index (κ3) is 2.41. The molecule has 0 spiro atoms. The van der Waals surface area contributed by atoms with Crippen molar-refractivity contribution in [3.05, 3.63) is 29.8 Å². The molecule has 1 fully saturated rings. The maximum Gasteiger partial charge on any atom is 0.317 e. The lowest BCUT2D eigenvalue weighted by molar-refractivity contribution is -0.199. The van der Waals surface area contributed by atoms with Crippen LogP contribution in [0.1, 0.15) is 51.5 Å². The number of carboxylic acid groups (broad SMARTS) is 2. The van der Waals surface area contributed by atoms with E-state index in [1.165, 1.54) is 38.1 Å². The number of Topliss-reactive ketones (excluding diaryl/α,β-unsaturated/α-hetero) is 1. The minimum Gasteiger partial charge on any atom is -0.508 e. The molecule has 0 aliphatic heterocycles. The van der Waals surface area contributed by atoms with E-state index in [1.807, 2.05) is 0 Å². The Morgan fingerprint density at radius 2 is 1.77 bits per heavy atom. The number of rotatable bonds is 5. The number of carboxylic acids is 2. The van der Waals surface area contributed by atoms with Crippen LogP contribution in [0.5, 0.6) is 5.75 Å². The third-order valence-corrected chi connectivity index (χ3v) is 6.03. The molecular formula is C19H24O7. The van der Waals surface area contributed by atoms with Gasteiger partial charge in [0.2, 0.25) is 0 Å². The summed E-state index contributed by atoms with van der Waals surface area (Å²) in [6, 6.07) is 5.58. The molecule has 0 radical (unpaired) electrons. The van der Waals surface area contributed by atoms with Crippen LogP contribution in [-0.2, 0) is 14.4 Å². The van der Waals surface area contributed by atoms with Gasteiger partial charge in [0, 0.05) is 12.3 Å². The highest BCUT2D eigenvalue weighted by Gasteiger charge is 2.71. The van der Waals surface area contributed by atoms with Gasteiger partial charge >= 0.3 is 11.9 Å². The van der Waals surface area contributed by atoms with Gasteiger partial charge in [-0.2, -0.15) is 0 Å². The Labute approximate surface area is 151 Å². The Morgan fingerprint density at radius 1 is 1.15 bits per heavy atom. The molecule has 1 aliphatic rings. The average Bonchev–Trinajstić information content (AvgIpc) is 2.53. The minimum absolute atomic E-state index is 0.0854. The lowest BCUT2D eigenvalue weighted by Crippen LogP contribution is -2.67. The molecule has 4 unspecified atom stereocenters. The Morgan fingerprint density at radius 3 is 2.19 bits per heavy atom. The van der Waals surface area contributed by atoms with Crippen LogP contribution in [0.4, 0.5) is 0 Å². The summed E-state index contributed by atoms with van der Waals surface area (Å²) in [6.07, 6.45) is -0.785. The number of ketones is 1. The van der Waals surface area contributed by atoms with Crippen LogP contribution >= 0.6 is 0 Å². The van der Waals surface area contributed by atoms with Gasteiger partial charge in [-0.25, -0.2) is 0 Å². The summed E-state index contributed by atoms with van der Waals surface area (Å²) in [6.45, 7) is 4.33. The van der Waals surface area contributed by atoms with E-state index in [9.17, 15) is 34.8 Å². The summed E-state index contributed by atoms with van der Waals surface area (Å²) in [5.74, 6) is -5.02. The Hall–Kier alpha value is -2.41. The number of carbonyl (C=O) groups excluding carboxylic acids is 1. The predicted molar refractivity (Wildman–Crippen MR) is 91.8 cm³/mol. The first-order valence-corrected chi connectivity index (χ1v) is 8.52. The number of aliphatic hydroxyl groups is 1. The van der Waals surface area contributed by atoms with Gasteiger partial charge in [-0.15, -0.1) is 0 Å². The zero-order chi connectivity index (χ0) is 19.9. The number of aliphatic carboxylic acids is 2. The zero-order valence-electron chi connectivity index (χ0n) is 15.0. The fraction of sp³-hybridized carbons (Fsp3) is 0.526. The second-order valence-corrected chi connectivity index (χ2v) is 7.16. The van der Waals surface area contributed by atoms with E-state index in [1.54, 1.807) is 6.92 Å². The molecule has 7 nitrogen and oxygen atoms in total. The molecule has 1 saturated carbocycles. The van der Waals surface area contributed by atoms with Crippen LogP contribution in [-0.4, -0.2) is 43.7 Å². The van der Waals surface area contributed by atoms with Crippen LogP contribution in [0.15, 0.2) is 24.3 Å². The van der Waals surface area contributed by atoms with Crippen molar-refractivity contribution in [2.24, 2.45) is 10.8 Å². The van der Waals surface area contributed by atoms with Crippen molar-refractivity contribution in [3.63, 3.8) is 0 Å². The van der Waals surface area contributed by atoms with E-state index in [0.717, 1.165) is 0 Å². The molecule has 1 aliphatic carbocycles. The standard InChI is InChI=1S/C19H24O7/c1-4-18(15(22)23)13(21)10-17(3,26)19(5-2,16(24)25)14(18)11-7-6-8-12(20)9-11/h6-9,14,20,26H,4-5,10H2,1-3H3,(H,22,23)(H,24,25). The molecule has 4 atom stereocenters. The van der Waals surface area contributed by atoms with Crippen LogP contribution < -0.4 is 0 Å². The molecule has 0 bridgehead atoms. The number of phenols is 1. The average molecular weight is 364 g/mol. The monoisotopic (exact) mass is 364 g/mol. The largest absolute Gasteiger partial charge is 0.508 e. The fourth-order valence-electron chi connectivity index (χ4n) is 4.68. The van der Waals surface area contributed by atoms with Crippen molar-refractivity contribution < 1.29 is 34.8 Å². The molecule has 4 N–H and O–H groups in total. The zero-order valence-corrected chi connectivity index (χ0v) is 15.0. The molecule has 0 saturated heterocycles. The molecular weight excluding hydrogens is 340 g/mol. The number of hydrogen-bond donors (Lipinski definition) is 4. The van der Waals surface area contributed by atoms with Gasteiger partial charge in [0.1, 0.15) is 16.6 Å². The highest BCUT2D eigenvalue weighted by molar-refractivity contribution is 6.07. The van der Waals surface area contributed by atoms with Crippen molar-refractivity contribution in [1.29, 1.82) is 0 Å². The molecule has 0 amide bonds. The molecule has 7 heteroatoms. The van der Waals surface area contributed by atoms with Crippen LogP contribution in [0.3, 0.4) is 0 Å². The summed E-state index contributed by atoms with van der Waals surface area (Å²) in [4.78, 5) is 37.6. The van der Waals surface area contributed by atoms with Crippen LogP contribution in [0.2, 0.25) is 0 Å². The van der Waals surface area contributed by atoms with E-state index in [-0.39, 0.29) is 24.2 Å².